The molecule has 2 saturated heterocycles. The van der Waals surface area contributed by atoms with Crippen LogP contribution in [0.2, 0.25) is 0 Å². The van der Waals surface area contributed by atoms with Crippen molar-refractivity contribution in [3.63, 3.8) is 0 Å². The van der Waals surface area contributed by atoms with Crippen molar-refractivity contribution in [1.82, 2.24) is 20.9 Å². The van der Waals surface area contributed by atoms with Gasteiger partial charge in [0.25, 0.3) is 5.91 Å². The van der Waals surface area contributed by atoms with Gasteiger partial charge in [-0.25, -0.2) is 0 Å². The van der Waals surface area contributed by atoms with E-state index in [0.717, 1.165) is 62.1 Å². The van der Waals surface area contributed by atoms with E-state index in [1.54, 1.807) is 0 Å². The average molecular weight is 603 g/mol. The largest absolute Gasteiger partial charge is 0.381 e. The number of rotatable bonds is 11. The second-order valence-electron chi connectivity index (χ2n) is 12.3. The summed E-state index contributed by atoms with van der Waals surface area (Å²) in [6.45, 7) is 4.60. The van der Waals surface area contributed by atoms with Crippen molar-refractivity contribution in [1.29, 1.82) is 0 Å². The van der Waals surface area contributed by atoms with Crippen LogP contribution >= 0.6 is 11.3 Å². The predicted octanol–water partition coefficient (Wildman–Crippen LogP) is 4.67. The summed E-state index contributed by atoms with van der Waals surface area (Å²) in [7, 11) is 0. The van der Waals surface area contributed by atoms with Gasteiger partial charge in [0.1, 0.15) is 5.54 Å². The molecule has 3 fully saturated rings. The van der Waals surface area contributed by atoms with Crippen LogP contribution in [0.3, 0.4) is 0 Å². The van der Waals surface area contributed by atoms with Crippen LogP contribution in [0.1, 0.15) is 66.2 Å². The second-order valence-corrected chi connectivity index (χ2v) is 13.4. The van der Waals surface area contributed by atoms with Gasteiger partial charge in [0, 0.05) is 62.5 Å². The van der Waals surface area contributed by atoms with Gasteiger partial charge in [0.05, 0.1) is 4.88 Å². The van der Waals surface area contributed by atoms with Crippen molar-refractivity contribution in [2.24, 2.45) is 11.8 Å². The molecule has 8 nitrogen and oxygen atoms in total. The summed E-state index contributed by atoms with van der Waals surface area (Å²) >= 11 is 1.44. The maximum absolute atomic E-state index is 13.3. The van der Waals surface area contributed by atoms with E-state index in [2.05, 4.69) is 45.1 Å². The molecule has 0 bridgehead atoms. The highest BCUT2D eigenvalue weighted by atomic mass is 32.1. The molecule has 43 heavy (non-hydrogen) atoms. The Balaban J connectivity index is 0.979. The summed E-state index contributed by atoms with van der Waals surface area (Å²) in [5.41, 5.74) is 0.374. The lowest BCUT2D eigenvalue weighted by molar-refractivity contribution is -0.127. The number of amides is 3. The van der Waals surface area contributed by atoms with Gasteiger partial charge in [-0.3, -0.25) is 19.3 Å². The summed E-state index contributed by atoms with van der Waals surface area (Å²) in [6.07, 6.45) is 5.42. The molecular weight excluding hydrogens is 560 g/mol. The zero-order chi connectivity index (χ0) is 29.6. The smallest absolute Gasteiger partial charge is 0.262 e. The van der Waals surface area contributed by atoms with Crippen LogP contribution < -0.4 is 16.0 Å². The van der Waals surface area contributed by atoms with Gasteiger partial charge in [-0.05, 0) is 54.7 Å². The first kappa shape index (κ1) is 29.8. The Morgan fingerprint density at radius 2 is 1.70 bits per heavy atom. The zero-order valence-corrected chi connectivity index (χ0v) is 25.5. The monoisotopic (exact) mass is 602 g/mol. The molecule has 1 aliphatic carbocycles. The van der Waals surface area contributed by atoms with Crippen molar-refractivity contribution in [2.45, 2.75) is 56.5 Å². The molecule has 1 aromatic heterocycles. The maximum Gasteiger partial charge on any atom is 0.262 e. The molecule has 3 amide bonds. The fourth-order valence-electron chi connectivity index (χ4n) is 6.99. The summed E-state index contributed by atoms with van der Waals surface area (Å²) in [6, 6.07) is 20.7. The molecule has 3 aromatic rings. The van der Waals surface area contributed by atoms with E-state index in [4.69, 9.17) is 4.74 Å². The lowest BCUT2D eigenvalue weighted by atomic mass is 9.81. The molecule has 3 heterocycles. The Morgan fingerprint density at radius 3 is 2.47 bits per heavy atom. The van der Waals surface area contributed by atoms with E-state index in [9.17, 15) is 14.4 Å². The topological polar surface area (TPSA) is 99.8 Å². The molecule has 2 atom stereocenters. The Labute approximate surface area is 257 Å². The number of hydrogen-bond donors (Lipinski definition) is 3. The lowest BCUT2D eigenvalue weighted by Gasteiger charge is -2.50. The normalized spacial score (nSPS) is 22.1. The van der Waals surface area contributed by atoms with E-state index in [0.29, 0.717) is 42.1 Å². The first-order chi connectivity index (χ1) is 21.0. The van der Waals surface area contributed by atoms with E-state index in [-0.39, 0.29) is 30.7 Å². The highest BCUT2D eigenvalue weighted by molar-refractivity contribution is 7.20. The molecule has 9 heteroatoms. The van der Waals surface area contributed by atoms with Crippen LogP contribution in [-0.2, 0) is 14.3 Å². The van der Waals surface area contributed by atoms with Gasteiger partial charge < -0.3 is 20.7 Å². The zero-order valence-electron chi connectivity index (χ0n) is 24.7. The Hall–Kier alpha value is -3.27. The van der Waals surface area contributed by atoms with Crippen LogP contribution in [0.25, 0.3) is 10.1 Å². The van der Waals surface area contributed by atoms with Crippen molar-refractivity contribution in [2.75, 3.05) is 39.4 Å². The van der Waals surface area contributed by atoms with Crippen molar-refractivity contribution in [3.8, 4) is 0 Å². The number of ether oxygens (including phenoxy) is 1. The van der Waals surface area contributed by atoms with Crippen molar-refractivity contribution >= 4 is 39.1 Å². The number of fused-ring (bicyclic) bond motifs is 1. The van der Waals surface area contributed by atoms with Crippen molar-refractivity contribution < 1.29 is 19.1 Å². The third-order valence-corrected chi connectivity index (χ3v) is 10.5. The first-order valence-corrected chi connectivity index (χ1v) is 16.6. The molecule has 1 saturated carbocycles. The summed E-state index contributed by atoms with van der Waals surface area (Å²) < 4.78 is 6.60. The molecule has 2 aliphatic heterocycles. The Bertz CT molecular complexity index is 1380. The number of nitrogens with zero attached hydrogens (tertiary/aromatic N) is 1. The van der Waals surface area contributed by atoms with E-state index < -0.39 is 5.54 Å². The number of carbonyl (C=O) groups excluding carboxylic acids is 3. The van der Waals surface area contributed by atoms with Crippen LogP contribution in [0.4, 0.5) is 0 Å². The van der Waals surface area contributed by atoms with Crippen LogP contribution in [0.15, 0.2) is 60.7 Å². The molecule has 0 spiro atoms. The van der Waals surface area contributed by atoms with Crippen LogP contribution in [0, 0.1) is 11.8 Å². The first-order valence-electron chi connectivity index (χ1n) is 15.7. The summed E-state index contributed by atoms with van der Waals surface area (Å²) in [5.74, 6) is 0.544. The molecule has 2 unspecified atom stereocenters. The number of thiophene rings is 1. The highest BCUT2D eigenvalue weighted by Crippen LogP contribution is 2.40. The van der Waals surface area contributed by atoms with E-state index in [1.807, 2.05) is 36.4 Å². The lowest BCUT2D eigenvalue weighted by Crippen LogP contribution is -2.57. The number of hydrogen-bond acceptors (Lipinski definition) is 6. The highest BCUT2D eigenvalue weighted by Gasteiger charge is 2.43. The third-order valence-electron chi connectivity index (χ3n) is 9.38. The van der Waals surface area contributed by atoms with Gasteiger partial charge in [-0.2, -0.15) is 0 Å². The fraction of sp³-hybridized carbons (Fsp3) is 0.500. The van der Waals surface area contributed by atoms with Crippen LogP contribution in [0.5, 0.6) is 0 Å². The number of benzene rings is 2. The molecule has 3 aliphatic rings. The van der Waals surface area contributed by atoms with E-state index in [1.165, 1.54) is 16.9 Å². The number of likely N-dealkylation sites (tertiary alicyclic amines) is 1. The fourth-order valence-corrected chi connectivity index (χ4v) is 7.94. The molecule has 2 aromatic carbocycles. The van der Waals surface area contributed by atoms with Gasteiger partial charge in [-0.15, -0.1) is 11.3 Å². The minimum atomic E-state index is -0.924. The molecule has 228 valence electrons. The molecule has 0 radical (unpaired) electrons. The van der Waals surface area contributed by atoms with E-state index >= 15 is 0 Å². The Kier molecular flexibility index (Phi) is 9.40. The SMILES string of the molecule is O=C(CCNC(=O)C1(NC(=O)c2cc3ccccc3s2)CCCC1)NCC1CN(CC2CCOCC2)C1c1ccccc1. The summed E-state index contributed by atoms with van der Waals surface area (Å²) in [5, 5.41) is 10.2. The minimum absolute atomic E-state index is 0.0650. The van der Waals surface area contributed by atoms with Gasteiger partial charge in [-0.1, -0.05) is 61.4 Å². The molecule has 3 N–H and O–H groups in total. The number of carbonyl (C=O) groups is 3. The average Bonchev–Trinajstić information content (AvgIpc) is 3.68. The van der Waals surface area contributed by atoms with Gasteiger partial charge in [0.15, 0.2) is 0 Å². The molecule has 6 rings (SSSR count). The maximum atomic E-state index is 13.3. The quantitative estimate of drug-likeness (QED) is 0.296. The number of nitrogens with one attached hydrogen (secondary N) is 3. The second kappa shape index (κ2) is 13.6. The Morgan fingerprint density at radius 1 is 0.953 bits per heavy atom. The third kappa shape index (κ3) is 6.95. The summed E-state index contributed by atoms with van der Waals surface area (Å²) in [4.78, 5) is 42.5. The van der Waals surface area contributed by atoms with Crippen molar-refractivity contribution in [3.05, 3.63) is 71.1 Å². The molecular formula is C34H42N4O4S. The van der Waals surface area contributed by atoms with Crippen LogP contribution in [-0.4, -0.2) is 67.6 Å². The standard InChI is InChI=1S/C34H42N4O4S/c39-30(36-21-27-23-38(22-24-13-18-42-19-14-24)31(27)25-8-2-1-3-9-25)12-17-35-33(41)34(15-6-7-16-34)37-32(40)29-20-26-10-4-5-11-28(26)43-29/h1-5,8-11,20,24,27,31H,6-7,12-19,21-23H2,(H,35,41)(H,36,39)(H,37,40). The van der Waals surface area contributed by atoms with Gasteiger partial charge in [0.2, 0.25) is 11.8 Å². The van der Waals surface area contributed by atoms with Gasteiger partial charge >= 0.3 is 0 Å². The minimum Gasteiger partial charge on any atom is -0.381 e. The predicted molar refractivity (Wildman–Crippen MR) is 169 cm³/mol.